The molecular formula is C14H23N3O. The van der Waals surface area contributed by atoms with E-state index in [1.54, 1.807) is 18.5 Å². The second-order valence-electron chi connectivity index (χ2n) is 5.08. The fraction of sp³-hybridized carbons (Fsp3) is 0.714. The van der Waals surface area contributed by atoms with Crippen LogP contribution in [0.5, 0.6) is 6.01 Å². The highest BCUT2D eigenvalue weighted by atomic mass is 16.5. The van der Waals surface area contributed by atoms with E-state index in [1.807, 2.05) is 0 Å². The van der Waals surface area contributed by atoms with Gasteiger partial charge in [0.05, 0.1) is 6.61 Å². The first-order chi connectivity index (χ1) is 8.79. The highest BCUT2D eigenvalue weighted by Gasteiger charge is 2.22. The zero-order valence-electron chi connectivity index (χ0n) is 11.4. The van der Waals surface area contributed by atoms with Crippen molar-refractivity contribution in [3.63, 3.8) is 0 Å². The molecule has 0 saturated carbocycles. The maximum absolute atomic E-state index is 5.63. The molecular weight excluding hydrogens is 226 g/mol. The van der Waals surface area contributed by atoms with Crippen LogP contribution in [0.3, 0.4) is 0 Å². The smallest absolute Gasteiger partial charge is 0.316 e. The molecule has 1 unspecified atom stereocenters. The van der Waals surface area contributed by atoms with Crippen molar-refractivity contribution >= 4 is 0 Å². The molecule has 1 aliphatic rings. The van der Waals surface area contributed by atoms with Crippen LogP contribution in [0, 0.1) is 5.92 Å². The summed E-state index contributed by atoms with van der Waals surface area (Å²) in [5.74, 6) is 0.647. The standard InChI is InChI=1S/C14H23N3O/c1-3-12(2)17-9-5-13(6-10-17)11-18-14-15-7-4-8-16-14/h4,7-8,12-13H,3,5-6,9-11H2,1-2H3. The largest absolute Gasteiger partial charge is 0.463 e. The highest BCUT2D eigenvalue weighted by molar-refractivity contribution is 4.93. The molecule has 1 atom stereocenters. The Balaban J connectivity index is 1.71. The van der Waals surface area contributed by atoms with Crippen LogP contribution in [0.1, 0.15) is 33.1 Å². The van der Waals surface area contributed by atoms with Crippen LogP contribution in [-0.2, 0) is 0 Å². The lowest BCUT2D eigenvalue weighted by atomic mass is 9.96. The Kier molecular flexibility index (Phi) is 4.93. The molecule has 4 heteroatoms. The van der Waals surface area contributed by atoms with E-state index in [2.05, 4.69) is 28.7 Å². The molecule has 0 bridgehead atoms. The average Bonchev–Trinajstić information content (AvgIpc) is 2.46. The Labute approximate surface area is 109 Å². The summed E-state index contributed by atoms with van der Waals surface area (Å²) >= 11 is 0. The van der Waals surface area contributed by atoms with Gasteiger partial charge < -0.3 is 9.64 Å². The molecule has 1 aromatic rings. The van der Waals surface area contributed by atoms with Crippen LogP contribution in [0.25, 0.3) is 0 Å². The molecule has 0 aromatic carbocycles. The van der Waals surface area contributed by atoms with Gasteiger partial charge in [-0.1, -0.05) is 6.92 Å². The van der Waals surface area contributed by atoms with Gasteiger partial charge in [0.25, 0.3) is 0 Å². The van der Waals surface area contributed by atoms with Crippen molar-refractivity contribution in [3.8, 4) is 6.01 Å². The average molecular weight is 249 g/mol. The highest BCUT2D eigenvalue weighted by Crippen LogP contribution is 2.20. The molecule has 0 radical (unpaired) electrons. The number of likely N-dealkylation sites (tertiary alicyclic amines) is 1. The van der Waals surface area contributed by atoms with Gasteiger partial charge in [-0.05, 0) is 51.3 Å². The van der Waals surface area contributed by atoms with E-state index in [0.717, 1.165) is 6.61 Å². The molecule has 0 aliphatic carbocycles. The Morgan fingerprint density at radius 2 is 2.00 bits per heavy atom. The third kappa shape index (κ3) is 3.67. The van der Waals surface area contributed by atoms with E-state index in [4.69, 9.17) is 4.74 Å². The first kappa shape index (κ1) is 13.3. The van der Waals surface area contributed by atoms with Crippen LogP contribution in [-0.4, -0.2) is 40.6 Å². The third-order valence-corrected chi connectivity index (χ3v) is 3.85. The van der Waals surface area contributed by atoms with Crippen molar-refractivity contribution in [2.24, 2.45) is 5.92 Å². The summed E-state index contributed by atoms with van der Waals surface area (Å²) in [6, 6.07) is 3.02. The molecule has 1 fully saturated rings. The van der Waals surface area contributed by atoms with Gasteiger partial charge in [-0.15, -0.1) is 0 Å². The molecule has 18 heavy (non-hydrogen) atoms. The molecule has 0 spiro atoms. The van der Waals surface area contributed by atoms with Crippen LogP contribution in [0.15, 0.2) is 18.5 Å². The topological polar surface area (TPSA) is 38.2 Å². The molecule has 4 nitrogen and oxygen atoms in total. The van der Waals surface area contributed by atoms with Crippen molar-refractivity contribution in [1.29, 1.82) is 0 Å². The van der Waals surface area contributed by atoms with Gasteiger partial charge >= 0.3 is 6.01 Å². The molecule has 1 aromatic heterocycles. The van der Waals surface area contributed by atoms with E-state index < -0.39 is 0 Å². The van der Waals surface area contributed by atoms with Crippen molar-refractivity contribution in [2.75, 3.05) is 19.7 Å². The number of rotatable bonds is 5. The summed E-state index contributed by atoms with van der Waals surface area (Å²) in [4.78, 5) is 10.7. The fourth-order valence-corrected chi connectivity index (χ4v) is 2.37. The Hall–Kier alpha value is -1.16. The molecule has 2 rings (SSSR count). The van der Waals surface area contributed by atoms with Gasteiger partial charge in [-0.2, -0.15) is 0 Å². The molecule has 1 saturated heterocycles. The number of ether oxygens (including phenoxy) is 1. The second kappa shape index (κ2) is 6.69. The lowest BCUT2D eigenvalue weighted by Crippen LogP contribution is -2.40. The first-order valence-corrected chi connectivity index (χ1v) is 6.93. The summed E-state index contributed by atoms with van der Waals surface area (Å²) in [5.41, 5.74) is 0. The monoisotopic (exact) mass is 249 g/mol. The first-order valence-electron chi connectivity index (χ1n) is 6.93. The molecule has 1 aliphatic heterocycles. The molecule has 2 heterocycles. The van der Waals surface area contributed by atoms with E-state index >= 15 is 0 Å². The van der Waals surface area contributed by atoms with Gasteiger partial charge in [0, 0.05) is 18.4 Å². The van der Waals surface area contributed by atoms with Crippen LogP contribution >= 0.6 is 0 Å². The predicted octanol–water partition coefficient (Wildman–Crippen LogP) is 2.37. The number of nitrogens with zero attached hydrogens (tertiary/aromatic N) is 3. The molecule has 0 N–H and O–H groups in total. The van der Waals surface area contributed by atoms with Crippen LogP contribution in [0.4, 0.5) is 0 Å². The Bertz CT molecular complexity index is 336. The van der Waals surface area contributed by atoms with E-state index in [0.29, 0.717) is 18.0 Å². The Morgan fingerprint density at radius 3 is 2.61 bits per heavy atom. The van der Waals surface area contributed by atoms with Gasteiger partial charge in [0.15, 0.2) is 0 Å². The zero-order chi connectivity index (χ0) is 12.8. The van der Waals surface area contributed by atoms with Crippen molar-refractivity contribution in [2.45, 2.75) is 39.2 Å². The van der Waals surface area contributed by atoms with Gasteiger partial charge in [0.2, 0.25) is 0 Å². The SMILES string of the molecule is CCC(C)N1CCC(COc2ncccn2)CC1. The van der Waals surface area contributed by atoms with Gasteiger partial charge in [-0.25, -0.2) is 9.97 Å². The van der Waals surface area contributed by atoms with Crippen molar-refractivity contribution < 1.29 is 4.74 Å². The fourth-order valence-electron chi connectivity index (χ4n) is 2.37. The van der Waals surface area contributed by atoms with Crippen LogP contribution in [0.2, 0.25) is 0 Å². The maximum atomic E-state index is 5.63. The second-order valence-corrected chi connectivity index (χ2v) is 5.08. The van der Waals surface area contributed by atoms with E-state index in [1.165, 1.54) is 32.4 Å². The minimum Gasteiger partial charge on any atom is -0.463 e. The zero-order valence-corrected chi connectivity index (χ0v) is 11.4. The summed E-state index contributed by atoms with van der Waals surface area (Å²) in [5, 5.41) is 0. The maximum Gasteiger partial charge on any atom is 0.316 e. The lowest BCUT2D eigenvalue weighted by Gasteiger charge is -2.35. The number of hydrogen-bond acceptors (Lipinski definition) is 4. The number of piperidine rings is 1. The van der Waals surface area contributed by atoms with E-state index in [-0.39, 0.29) is 0 Å². The van der Waals surface area contributed by atoms with E-state index in [9.17, 15) is 0 Å². The van der Waals surface area contributed by atoms with Crippen LogP contribution < -0.4 is 4.74 Å². The summed E-state index contributed by atoms with van der Waals surface area (Å²) in [6.45, 7) is 7.71. The summed E-state index contributed by atoms with van der Waals surface area (Å²) < 4.78 is 5.63. The lowest BCUT2D eigenvalue weighted by molar-refractivity contribution is 0.108. The predicted molar refractivity (Wildman–Crippen MR) is 71.6 cm³/mol. The number of hydrogen-bond donors (Lipinski definition) is 0. The van der Waals surface area contributed by atoms with Crippen molar-refractivity contribution in [3.05, 3.63) is 18.5 Å². The normalized spacial score (nSPS) is 19.7. The quantitative estimate of drug-likeness (QED) is 0.803. The third-order valence-electron chi connectivity index (χ3n) is 3.85. The van der Waals surface area contributed by atoms with Gasteiger partial charge in [0.1, 0.15) is 0 Å². The minimum atomic E-state index is 0.502. The minimum absolute atomic E-state index is 0.502. The molecule has 100 valence electrons. The van der Waals surface area contributed by atoms with Crippen molar-refractivity contribution in [1.82, 2.24) is 14.9 Å². The summed E-state index contributed by atoms with van der Waals surface area (Å²) in [7, 11) is 0. The molecule has 0 amide bonds. The van der Waals surface area contributed by atoms with Gasteiger partial charge in [-0.3, -0.25) is 0 Å². The Morgan fingerprint density at radius 1 is 1.33 bits per heavy atom. The summed E-state index contributed by atoms with van der Waals surface area (Å²) in [6.07, 6.45) is 7.11. The number of aromatic nitrogens is 2.